The van der Waals surface area contributed by atoms with E-state index in [1.807, 2.05) is 4.90 Å². The molecule has 10 heteroatoms. The van der Waals surface area contributed by atoms with Gasteiger partial charge in [-0.3, -0.25) is 20.1 Å². The van der Waals surface area contributed by atoms with E-state index in [0.717, 1.165) is 5.01 Å². The topological polar surface area (TPSA) is 85.9 Å². The molecule has 2 heterocycles. The summed E-state index contributed by atoms with van der Waals surface area (Å²) >= 11 is 0. The molecule has 0 saturated carbocycles. The number of carbonyl (C=O) groups excluding carboxylic acids is 1. The lowest BCUT2D eigenvalue weighted by Gasteiger charge is -2.33. The summed E-state index contributed by atoms with van der Waals surface area (Å²) < 4.78 is 39.7. The van der Waals surface area contributed by atoms with Gasteiger partial charge in [-0.25, -0.2) is 17.8 Å². The summed E-state index contributed by atoms with van der Waals surface area (Å²) in [4.78, 5) is 17.4. The minimum atomic E-state index is -3.21. The summed E-state index contributed by atoms with van der Waals surface area (Å²) in [6, 6.07) is 8.20. The highest BCUT2D eigenvalue weighted by Gasteiger charge is 2.24. The zero-order chi connectivity index (χ0) is 20.1. The van der Waals surface area contributed by atoms with Crippen LogP contribution in [0.25, 0.3) is 0 Å². The van der Waals surface area contributed by atoms with Crippen LogP contribution in [0.15, 0.2) is 42.7 Å². The maximum atomic E-state index is 15.0. The Kier molecular flexibility index (Phi) is 6.22. The summed E-state index contributed by atoms with van der Waals surface area (Å²) in [5, 5.41) is 1.08. The van der Waals surface area contributed by atoms with Crippen molar-refractivity contribution in [1.29, 1.82) is 0 Å². The summed E-state index contributed by atoms with van der Waals surface area (Å²) in [6.45, 7) is 2.13. The maximum Gasteiger partial charge on any atom is 0.232 e. The number of aromatic nitrogens is 1. The lowest BCUT2D eigenvalue weighted by atomic mass is 10.1. The van der Waals surface area contributed by atoms with Crippen molar-refractivity contribution in [2.24, 2.45) is 0 Å². The first-order valence-corrected chi connectivity index (χ1v) is 10.6. The number of hydrazine groups is 1. The Labute approximate surface area is 163 Å². The molecule has 0 unspecified atom stereocenters. The molecule has 28 heavy (non-hydrogen) atoms. The predicted molar refractivity (Wildman–Crippen MR) is 104 cm³/mol. The van der Waals surface area contributed by atoms with Crippen LogP contribution in [0.2, 0.25) is 0 Å². The molecule has 8 nitrogen and oxygen atoms in total. The minimum absolute atomic E-state index is 0.110. The van der Waals surface area contributed by atoms with Gasteiger partial charge in [-0.05, 0) is 18.2 Å². The van der Waals surface area contributed by atoms with E-state index >= 15 is 4.39 Å². The van der Waals surface area contributed by atoms with E-state index < -0.39 is 15.8 Å². The lowest BCUT2D eigenvalue weighted by molar-refractivity contribution is -0.107. The highest BCUT2D eigenvalue weighted by Crippen LogP contribution is 2.24. The van der Waals surface area contributed by atoms with E-state index in [4.69, 9.17) is 0 Å². The van der Waals surface area contributed by atoms with E-state index in [-0.39, 0.29) is 5.69 Å². The first-order chi connectivity index (χ1) is 13.4. The van der Waals surface area contributed by atoms with Gasteiger partial charge in [0.1, 0.15) is 5.69 Å². The first kappa shape index (κ1) is 20.2. The molecule has 0 aliphatic carbocycles. The van der Waals surface area contributed by atoms with Crippen LogP contribution in [-0.4, -0.2) is 61.5 Å². The van der Waals surface area contributed by atoms with E-state index in [0.29, 0.717) is 50.4 Å². The number of nitrogens with zero attached hydrogens (tertiary/aromatic N) is 4. The van der Waals surface area contributed by atoms with E-state index in [2.05, 4.69) is 10.4 Å². The Hall–Kier alpha value is -2.56. The molecule has 0 atom stereocenters. The van der Waals surface area contributed by atoms with E-state index in [9.17, 15) is 13.2 Å². The third-order valence-corrected chi connectivity index (χ3v) is 5.85. The molecule has 3 rings (SSSR count). The van der Waals surface area contributed by atoms with Crippen LogP contribution in [0.4, 0.5) is 15.8 Å². The predicted octanol–water partition coefficient (Wildman–Crippen LogP) is 1.29. The summed E-state index contributed by atoms with van der Waals surface area (Å²) in [5.74, 6) is -0.498. The van der Waals surface area contributed by atoms with Gasteiger partial charge in [-0.1, -0.05) is 12.1 Å². The van der Waals surface area contributed by atoms with Gasteiger partial charge in [-0.15, -0.1) is 0 Å². The molecule has 1 amide bonds. The quantitative estimate of drug-likeness (QED) is 0.550. The molecule has 150 valence electrons. The standard InChI is InChI=1S/C18H22FN5O3S/c1-28(26,27)23-11-9-22(10-12-23)13-15-3-2-4-17(18(15)19)24(14-25)21-16-5-7-20-8-6-16/h2-8,14H,9-13H2,1H3,(H,20,21). The Balaban J connectivity index is 1.71. The number of benzene rings is 1. The van der Waals surface area contributed by atoms with Crippen molar-refractivity contribution in [3.05, 3.63) is 54.1 Å². The lowest BCUT2D eigenvalue weighted by Crippen LogP contribution is -2.47. The number of rotatable bonds is 7. The minimum Gasteiger partial charge on any atom is -0.296 e. The third-order valence-electron chi connectivity index (χ3n) is 4.55. The average molecular weight is 407 g/mol. The van der Waals surface area contributed by atoms with Crippen LogP contribution >= 0.6 is 0 Å². The Bertz CT molecular complexity index is 918. The van der Waals surface area contributed by atoms with E-state index in [1.165, 1.54) is 16.6 Å². The summed E-state index contributed by atoms with van der Waals surface area (Å²) in [5.41, 5.74) is 3.99. The first-order valence-electron chi connectivity index (χ1n) is 8.74. The molecule has 1 N–H and O–H groups in total. The molecular weight excluding hydrogens is 385 g/mol. The van der Waals surface area contributed by atoms with Gasteiger partial charge in [-0.2, -0.15) is 4.31 Å². The largest absolute Gasteiger partial charge is 0.296 e. The fraction of sp³-hybridized carbons (Fsp3) is 0.333. The number of nitrogens with one attached hydrogen (secondary N) is 1. The fourth-order valence-electron chi connectivity index (χ4n) is 3.04. The molecule has 1 aliphatic rings. The molecule has 2 aromatic rings. The number of pyridine rings is 1. The van der Waals surface area contributed by atoms with Crippen molar-refractivity contribution in [3.8, 4) is 0 Å². The van der Waals surface area contributed by atoms with Gasteiger partial charge >= 0.3 is 0 Å². The number of sulfonamides is 1. The zero-order valence-corrected chi connectivity index (χ0v) is 16.3. The summed E-state index contributed by atoms with van der Waals surface area (Å²) in [6.07, 6.45) is 4.82. The van der Waals surface area contributed by atoms with Gasteiger partial charge in [0.05, 0.1) is 11.9 Å². The Morgan fingerprint density at radius 1 is 1.18 bits per heavy atom. The molecular formula is C18H22FN5O3S. The van der Waals surface area contributed by atoms with Crippen molar-refractivity contribution in [2.75, 3.05) is 42.9 Å². The number of hydrogen-bond acceptors (Lipinski definition) is 6. The van der Waals surface area contributed by atoms with Crippen LogP contribution in [0.3, 0.4) is 0 Å². The number of halogens is 1. The monoisotopic (exact) mass is 407 g/mol. The number of piperazine rings is 1. The van der Waals surface area contributed by atoms with Crippen LogP contribution < -0.4 is 10.4 Å². The third kappa shape index (κ3) is 4.83. The maximum absolute atomic E-state index is 15.0. The fourth-order valence-corrected chi connectivity index (χ4v) is 3.87. The van der Waals surface area contributed by atoms with Crippen LogP contribution in [0.1, 0.15) is 5.56 Å². The molecule has 0 spiro atoms. The average Bonchev–Trinajstić information content (AvgIpc) is 2.68. The summed E-state index contributed by atoms with van der Waals surface area (Å²) in [7, 11) is -3.21. The molecule has 1 aliphatic heterocycles. The second-order valence-corrected chi connectivity index (χ2v) is 8.49. The number of anilines is 2. The van der Waals surface area contributed by atoms with Crippen molar-refractivity contribution in [3.63, 3.8) is 0 Å². The van der Waals surface area contributed by atoms with Crippen molar-refractivity contribution >= 4 is 27.8 Å². The molecule has 1 fully saturated rings. The van der Waals surface area contributed by atoms with Gasteiger partial charge in [0, 0.05) is 50.7 Å². The molecule has 0 radical (unpaired) electrons. The second kappa shape index (κ2) is 8.63. The van der Waals surface area contributed by atoms with Gasteiger partial charge in [0.25, 0.3) is 0 Å². The highest BCUT2D eigenvalue weighted by atomic mass is 32.2. The molecule has 1 saturated heterocycles. The Morgan fingerprint density at radius 3 is 2.46 bits per heavy atom. The van der Waals surface area contributed by atoms with Crippen molar-refractivity contribution in [2.45, 2.75) is 6.54 Å². The van der Waals surface area contributed by atoms with Crippen LogP contribution in [0.5, 0.6) is 0 Å². The zero-order valence-electron chi connectivity index (χ0n) is 15.5. The van der Waals surface area contributed by atoms with Gasteiger partial charge in [0.2, 0.25) is 16.4 Å². The molecule has 0 bridgehead atoms. The van der Waals surface area contributed by atoms with E-state index in [1.54, 1.807) is 36.7 Å². The normalized spacial score (nSPS) is 15.9. The Morgan fingerprint density at radius 2 is 1.86 bits per heavy atom. The smallest absolute Gasteiger partial charge is 0.232 e. The van der Waals surface area contributed by atoms with Crippen molar-refractivity contribution in [1.82, 2.24) is 14.2 Å². The second-order valence-electron chi connectivity index (χ2n) is 6.51. The highest BCUT2D eigenvalue weighted by molar-refractivity contribution is 7.88. The number of hydrogen-bond donors (Lipinski definition) is 1. The van der Waals surface area contributed by atoms with Gasteiger partial charge < -0.3 is 0 Å². The van der Waals surface area contributed by atoms with Gasteiger partial charge in [0.15, 0.2) is 5.82 Å². The number of amides is 1. The van der Waals surface area contributed by atoms with Crippen molar-refractivity contribution < 1.29 is 17.6 Å². The van der Waals surface area contributed by atoms with Crippen LogP contribution in [0, 0.1) is 5.82 Å². The molecule has 1 aromatic heterocycles. The van der Waals surface area contributed by atoms with Crippen LogP contribution in [-0.2, 0) is 21.4 Å². The molecule has 1 aromatic carbocycles. The number of carbonyl (C=O) groups is 1. The SMILES string of the molecule is CS(=O)(=O)N1CCN(Cc2cccc(N(C=O)Nc3ccncc3)c2F)CC1.